The summed E-state index contributed by atoms with van der Waals surface area (Å²) in [5.74, 6) is 0. The van der Waals surface area contributed by atoms with Gasteiger partial charge in [-0.15, -0.1) is 0 Å². The molecule has 1 saturated heterocycles. The van der Waals surface area contributed by atoms with Crippen LogP contribution >= 0.6 is 0 Å². The smallest absolute Gasteiger partial charge is 0.0431 e. The van der Waals surface area contributed by atoms with E-state index in [9.17, 15) is 0 Å². The van der Waals surface area contributed by atoms with Gasteiger partial charge in [0.25, 0.3) is 0 Å². The second-order valence-corrected chi connectivity index (χ2v) is 3.58. The molecule has 0 unspecified atom stereocenters. The second kappa shape index (κ2) is 2.30. The van der Waals surface area contributed by atoms with Crippen LogP contribution in [-0.4, -0.2) is 23.5 Å². The van der Waals surface area contributed by atoms with E-state index in [2.05, 4.69) is 20.8 Å². The van der Waals surface area contributed by atoms with Crippen molar-refractivity contribution in [2.45, 2.75) is 39.2 Å². The van der Waals surface area contributed by atoms with E-state index in [0.29, 0.717) is 6.42 Å². The first-order valence-electron chi connectivity index (χ1n) is 4.62. The van der Waals surface area contributed by atoms with Gasteiger partial charge in [0.1, 0.15) is 0 Å². The van der Waals surface area contributed by atoms with Gasteiger partial charge in [-0.05, 0) is 46.7 Å². The van der Waals surface area contributed by atoms with Gasteiger partial charge in [0.05, 0.1) is 0 Å². The van der Waals surface area contributed by atoms with Gasteiger partial charge in [0, 0.05) is 8.28 Å². The third kappa shape index (κ3) is 1.68. The molecule has 1 heteroatoms. The molecular formula is C8H17N. The molecule has 0 aliphatic carbocycles. The van der Waals surface area contributed by atoms with Crippen molar-refractivity contribution in [1.29, 1.82) is 0 Å². The predicted molar refractivity (Wildman–Crippen MR) is 40.6 cm³/mol. The number of nitrogens with zero attached hydrogens (tertiary/aromatic N) is 1. The molecule has 1 aliphatic heterocycles. The van der Waals surface area contributed by atoms with Gasteiger partial charge < -0.3 is 0 Å². The lowest BCUT2D eigenvalue weighted by Crippen LogP contribution is -2.38. The lowest BCUT2D eigenvalue weighted by atomic mass is 10.1. The molecule has 1 fully saturated rings. The molecule has 54 valence electrons. The SMILES string of the molecule is [2H]C1([2H])CCCN1C(C)(C)C. The third-order valence-corrected chi connectivity index (χ3v) is 1.67. The standard InChI is InChI=1S/C8H17N/c1-8(2,3)9-6-4-5-7-9/h4-7H2,1-3H3/i6D2. The van der Waals surface area contributed by atoms with Crippen molar-refractivity contribution in [1.82, 2.24) is 4.90 Å². The van der Waals surface area contributed by atoms with Crippen molar-refractivity contribution >= 4 is 0 Å². The highest BCUT2D eigenvalue weighted by Gasteiger charge is 2.23. The van der Waals surface area contributed by atoms with Crippen LogP contribution < -0.4 is 0 Å². The average molecular weight is 129 g/mol. The fourth-order valence-electron chi connectivity index (χ4n) is 1.10. The van der Waals surface area contributed by atoms with E-state index in [0.717, 1.165) is 13.0 Å². The highest BCUT2D eigenvalue weighted by molar-refractivity contribution is 4.79. The van der Waals surface area contributed by atoms with Crippen LogP contribution in [0.2, 0.25) is 0 Å². The summed E-state index contributed by atoms with van der Waals surface area (Å²) in [5, 5.41) is 0. The maximum atomic E-state index is 7.69. The second-order valence-electron chi connectivity index (χ2n) is 3.58. The summed E-state index contributed by atoms with van der Waals surface area (Å²) in [5.41, 5.74) is -0.0278. The first-order valence-corrected chi connectivity index (χ1v) is 3.62. The van der Waals surface area contributed by atoms with Crippen molar-refractivity contribution in [2.75, 3.05) is 13.0 Å². The molecule has 0 bridgehead atoms. The molecule has 0 spiro atoms. The van der Waals surface area contributed by atoms with E-state index in [-0.39, 0.29) is 5.54 Å². The molecule has 0 aromatic rings. The summed E-state index contributed by atoms with van der Waals surface area (Å²) in [6.07, 6.45) is 1.68. The highest BCUT2D eigenvalue weighted by atomic mass is 15.2. The number of hydrogen-bond donors (Lipinski definition) is 0. The molecule has 0 aromatic heterocycles. The Morgan fingerprint density at radius 3 is 2.22 bits per heavy atom. The molecule has 1 nitrogen and oxygen atoms in total. The van der Waals surface area contributed by atoms with E-state index >= 15 is 0 Å². The summed E-state index contributed by atoms with van der Waals surface area (Å²) in [6, 6.07) is 0. The molecule has 0 saturated carbocycles. The molecule has 1 aliphatic rings. The van der Waals surface area contributed by atoms with Gasteiger partial charge in [-0.25, -0.2) is 0 Å². The van der Waals surface area contributed by atoms with Gasteiger partial charge in [-0.2, -0.15) is 0 Å². The molecule has 1 heterocycles. The first kappa shape index (κ1) is 4.73. The lowest BCUT2D eigenvalue weighted by molar-refractivity contribution is 0.175. The maximum Gasteiger partial charge on any atom is 0.0431 e. The molecule has 1 rings (SSSR count). The summed E-state index contributed by atoms with van der Waals surface area (Å²) < 4.78 is 15.4. The zero-order valence-corrected chi connectivity index (χ0v) is 6.57. The minimum atomic E-state index is -1.07. The Labute approximate surface area is 60.9 Å². The van der Waals surface area contributed by atoms with E-state index in [1.54, 1.807) is 0 Å². The van der Waals surface area contributed by atoms with Crippen molar-refractivity contribution in [3.8, 4) is 0 Å². The molecule has 0 amide bonds. The van der Waals surface area contributed by atoms with Crippen molar-refractivity contribution in [2.24, 2.45) is 0 Å². The zero-order chi connectivity index (χ0) is 8.70. The fourth-order valence-corrected chi connectivity index (χ4v) is 1.10. The van der Waals surface area contributed by atoms with Gasteiger partial charge in [0.15, 0.2) is 0 Å². The van der Waals surface area contributed by atoms with Gasteiger partial charge in [-0.3, -0.25) is 4.90 Å². The van der Waals surface area contributed by atoms with E-state index < -0.39 is 6.50 Å². The van der Waals surface area contributed by atoms with Crippen LogP contribution in [0.1, 0.15) is 36.4 Å². The minimum Gasteiger partial charge on any atom is -0.298 e. The largest absolute Gasteiger partial charge is 0.298 e. The topological polar surface area (TPSA) is 3.24 Å². The van der Waals surface area contributed by atoms with Crippen LogP contribution in [0.25, 0.3) is 0 Å². The van der Waals surface area contributed by atoms with Crippen LogP contribution in [0, 0.1) is 0 Å². The Bertz CT molecular complexity index is 149. The van der Waals surface area contributed by atoms with Crippen LogP contribution in [0.15, 0.2) is 0 Å². The van der Waals surface area contributed by atoms with Crippen LogP contribution in [-0.2, 0) is 0 Å². The van der Waals surface area contributed by atoms with E-state index in [1.807, 2.05) is 4.90 Å². The van der Waals surface area contributed by atoms with E-state index in [1.165, 1.54) is 0 Å². The van der Waals surface area contributed by atoms with Crippen LogP contribution in [0.5, 0.6) is 0 Å². The average Bonchev–Trinajstić information content (AvgIpc) is 2.06. The Hall–Kier alpha value is -0.0400. The number of rotatable bonds is 0. The Morgan fingerprint density at radius 2 is 2.00 bits per heavy atom. The third-order valence-electron chi connectivity index (χ3n) is 1.67. The quantitative estimate of drug-likeness (QED) is 0.482. The number of likely N-dealkylation sites (tertiary alicyclic amines) is 1. The zero-order valence-electron chi connectivity index (χ0n) is 8.57. The fraction of sp³-hybridized carbons (Fsp3) is 1.00. The normalized spacial score (nSPS) is 31.9. The van der Waals surface area contributed by atoms with Crippen molar-refractivity contribution in [3.63, 3.8) is 0 Å². The highest BCUT2D eigenvalue weighted by Crippen LogP contribution is 2.19. The minimum absolute atomic E-state index is 0.0278. The molecular weight excluding hydrogens is 110 g/mol. The van der Waals surface area contributed by atoms with Crippen molar-refractivity contribution < 1.29 is 2.74 Å². The van der Waals surface area contributed by atoms with Crippen LogP contribution in [0.3, 0.4) is 0 Å². The Kier molecular flexibility index (Phi) is 1.21. The summed E-state index contributed by atoms with van der Waals surface area (Å²) in [6.45, 7) is 6.02. The van der Waals surface area contributed by atoms with Gasteiger partial charge >= 0.3 is 0 Å². The molecule has 0 aromatic carbocycles. The number of hydrogen-bond acceptors (Lipinski definition) is 1. The van der Waals surface area contributed by atoms with E-state index in [4.69, 9.17) is 2.74 Å². The van der Waals surface area contributed by atoms with Gasteiger partial charge in [-0.1, -0.05) is 0 Å². The monoisotopic (exact) mass is 129 g/mol. The molecule has 9 heavy (non-hydrogen) atoms. The first-order chi connectivity index (χ1) is 4.84. The van der Waals surface area contributed by atoms with Crippen LogP contribution in [0.4, 0.5) is 0 Å². The Balaban J connectivity index is 2.73. The lowest BCUT2D eigenvalue weighted by Gasteiger charge is -2.31. The molecule has 0 N–H and O–H groups in total. The molecule has 0 radical (unpaired) electrons. The Morgan fingerprint density at radius 1 is 1.33 bits per heavy atom. The molecule has 0 atom stereocenters. The summed E-state index contributed by atoms with van der Waals surface area (Å²) >= 11 is 0. The van der Waals surface area contributed by atoms with Gasteiger partial charge in [0.2, 0.25) is 0 Å². The predicted octanol–water partition coefficient (Wildman–Crippen LogP) is 1.88. The maximum absolute atomic E-state index is 7.69. The summed E-state index contributed by atoms with van der Waals surface area (Å²) in [4.78, 5) is 1.94. The van der Waals surface area contributed by atoms with Crippen molar-refractivity contribution in [3.05, 3.63) is 0 Å². The summed E-state index contributed by atoms with van der Waals surface area (Å²) in [7, 11) is 0.